The van der Waals surface area contributed by atoms with Crippen molar-refractivity contribution in [3.05, 3.63) is 227 Å². The average molecular weight is 601 g/mol. The second-order valence-electron chi connectivity index (χ2n) is 11.9. The van der Waals surface area contributed by atoms with Crippen molar-refractivity contribution in [2.24, 2.45) is 0 Å². The maximum Gasteiger partial charge on any atom is -0.0105 e. The molecule has 0 heteroatoms. The number of rotatable bonds is 8. The molecule has 0 heterocycles. The van der Waals surface area contributed by atoms with Gasteiger partial charge in [-0.2, -0.15) is 0 Å². The molecule has 0 aromatic heterocycles. The summed E-state index contributed by atoms with van der Waals surface area (Å²) in [5, 5.41) is 0. The molecule has 7 aromatic rings. The van der Waals surface area contributed by atoms with Crippen LogP contribution in [0.1, 0.15) is 38.9 Å². The third kappa shape index (κ3) is 7.14. The SMILES string of the molecule is Cc1cc(-c2ccc(C=C(c3ccccc3)c3ccccc3)cc2)cc(-c2ccc(C=C(c3ccccc3)c3ccccc3)cc2)c1. The van der Waals surface area contributed by atoms with Crippen molar-refractivity contribution < 1.29 is 0 Å². The van der Waals surface area contributed by atoms with Gasteiger partial charge in [-0.1, -0.05) is 182 Å². The quantitative estimate of drug-likeness (QED) is 0.152. The Morgan fingerprint density at radius 1 is 0.319 bits per heavy atom. The first-order valence-corrected chi connectivity index (χ1v) is 16.2. The third-order valence-corrected chi connectivity index (χ3v) is 8.53. The fourth-order valence-electron chi connectivity index (χ4n) is 6.13. The van der Waals surface area contributed by atoms with E-state index in [1.54, 1.807) is 0 Å². The lowest BCUT2D eigenvalue weighted by Crippen LogP contribution is -1.89. The van der Waals surface area contributed by atoms with Crippen LogP contribution in [0.4, 0.5) is 0 Å². The molecule has 0 saturated carbocycles. The van der Waals surface area contributed by atoms with Crippen LogP contribution in [-0.4, -0.2) is 0 Å². The van der Waals surface area contributed by atoms with Crippen molar-refractivity contribution in [1.82, 2.24) is 0 Å². The number of aryl methyl sites for hydroxylation is 1. The molecule has 0 aliphatic rings. The van der Waals surface area contributed by atoms with Crippen LogP contribution >= 0.6 is 0 Å². The van der Waals surface area contributed by atoms with Crippen LogP contribution in [-0.2, 0) is 0 Å². The molecule has 224 valence electrons. The Bertz CT molecular complexity index is 1880. The molecule has 0 amide bonds. The zero-order chi connectivity index (χ0) is 31.8. The fourth-order valence-corrected chi connectivity index (χ4v) is 6.13. The molecule has 47 heavy (non-hydrogen) atoms. The van der Waals surface area contributed by atoms with Gasteiger partial charge in [-0.15, -0.1) is 0 Å². The van der Waals surface area contributed by atoms with Crippen molar-refractivity contribution in [3.8, 4) is 22.3 Å². The van der Waals surface area contributed by atoms with Crippen LogP contribution < -0.4 is 0 Å². The first kappa shape index (κ1) is 29.7. The van der Waals surface area contributed by atoms with Gasteiger partial charge >= 0.3 is 0 Å². The van der Waals surface area contributed by atoms with Gasteiger partial charge in [-0.25, -0.2) is 0 Å². The van der Waals surface area contributed by atoms with Gasteiger partial charge in [0.25, 0.3) is 0 Å². The Labute approximate surface area is 278 Å². The van der Waals surface area contributed by atoms with Gasteiger partial charge in [0.05, 0.1) is 0 Å². The second-order valence-corrected chi connectivity index (χ2v) is 11.9. The molecule has 7 aromatic carbocycles. The second kappa shape index (κ2) is 14.0. The van der Waals surface area contributed by atoms with Crippen LogP contribution in [0, 0.1) is 6.92 Å². The molecule has 0 N–H and O–H groups in total. The Balaban J connectivity index is 1.17. The molecule has 0 bridgehead atoms. The smallest absolute Gasteiger partial charge is 0.0105 e. The molecule has 0 atom stereocenters. The van der Waals surface area contributed by atoms with E-state index in [2.05, 4.69) is 207 Å². The zero-order valence-corrected chi connectivity index (χ0v) is 26.6. The number of hydrogen-bond acceptors (Lipinski definition) is 0. The summed E-state index contributed by atoms with van der Waals surface area (Å²) in [7, 11) is 0. The maximum atomic E-state index is 2.31. The van der Waals surface area contributed by atoms with Gasteiger partial charge < -0.3 is 0 Å². The summed E-state index contributed by atoms with van der Waals surface area (Å²) in [6.45, 7) is 2.18. The van der Waals surface area contributed by atoms with E-state index in [-0.39, 0.29) is 0 Å². The molecule has 0 unspecified atom stereocenters. The molecule has 0 radical (unpaired) electrons. The van der Waals surface area contributed by atoms with Crippen LogP contribution in [0.15, 0.2) is 188 Å². The Morgan fingerprint density at radius 2 is 0.617 bits per heavy atom. The minimum Gasteiger partial charge on any atom is -0.0622 e. The minimum atomic E-state index is 1.18. The first-order chi connectivity index (χ1) is 23.2. The highest BCUT2D eigenvalue weighted by atomic mass is 14.1. The molecule has 0 saturated heterocycles. The summed E-state index contributed by atoms with van der Waals surface area (Å²) < 4.78 is 0. The predicted molar refractivity (Wildman–Crippen MR) is 202 cm³/mol. The Hall–Kier alpha value is -5.98. The standard InChI is InChI=1S/C47H36/c1-35-30-44(38-26-22-36(23-27-38)32-46(40-14-6-2-7-15-40)41-16-8-3-9-17-41)34-45(31-35)39-28-24-37(25-29-39)33-47(42-18-10-4-11-19-42)43-20-12-5-13-21-43/h2-34H,1H3. The van der Waals surface area contributed by atoms with E-state index in [9.17, 15) is 0 Å². The van der Waals surface area contributed by atoms with E-state index in [0.717, 1.165) is 0 Å². The van der Waals surface area contributed by atoms with Crippen LogP contribution in [0.3, 0.4) is 0 Å². The topological polar surface area (TPSA) is 0 Å². The predicted octanol–water partition coefficient (Wildman–Crippen LogP) is 12.5. The van der Waals surface area contributed by atoms with Crippen LogP contribution in [0.2, 0.25) is 0 Å². The highest BCUT2D eigenvalue weighted by Gasteiger charge is 2.08. The van der Waals surface area contributed by atoms with E-state index in [1.807, 2.05) is 0 Å². The van der Waals surface area contributed by atoms with Crippen molar-refractivity contribution in [3.63, 3.8) is 0 Å². The maximum absolute atomic E-state index is 2.31. The minimum absolute atomic E-state index is 1.18. The summed E-state index contributed by atoms with van der Waals surface area (Å²) >= 11 is 0. The van der Waals surface area contributed by atoms with E-state index in [4.69, 9.17) is 0 Å². The first-order valence-electron chi connectivity index (χ1n) is 16.2. The van der Waals surface area contributed by atoms with Gasteiger partial charge in [0, 0.05) is 0 Å². The lowest BCUT2D eigenvalue weighted by atomic mass is 9.93. The van der Waals surface area contributed by atoms with E-state index < -0.39 is 0 Å². The molecule has 0 fully saturated rings. The molecular weight excluding hydrogens is 565 g/mol. The van der Waals surface area contributed by atoms with Gasteiger partial charge in [-0.3, -0.25) is 0 Å². The van der Waals surface area contributed by atoms with Crippen LogP contribution in [0.25, 0.3) is 45.6 Å². The monoisotopic (exact) mass is 600 g/mol. The van der Waals surface area contributed by atoms with E-state index in [1.165, 1.54) is 72.3 Å². The van der Waals surface area contributed by atoms with Crippen molar-refractivity contribution >= 4 is 23.3 Å². The van der Waals surface area contributed by atoms with Gasteiger partial charge in [0.2, 0.25) is 0 Å². The molecule has 7 rings (SSSR count). The summed E-state index contributed by atoms with van der Waals surface area (Å²) in [5.74, 6) is 0. The average Bonchev–Trinajstić information content (AvgIpc) is 3.14. The van der Waals surface area contributed by atoms with Gasteiger partial charge in [0.1, 0.15) is 0 Å². The Kier molecular flexibility index (Phi) is 8.84. The molecule has 0 aliphatic carbocycles. The van der Waals surface area contributed by atoms with Crippen molar-refractivity contribution in [2.75, 3.05) is 0 Å². The Morgan fingerprint density at radius 3 is 0.915 bits per heavy atom. The third-order valence-electron chi connectivity index (χ3n) is 8.53. The van der Waals surface area contributed by atoms with Crippen LogP contribution in [0.5, 0.6) is 0 Å². The van der Waals surface area contributed by atoms with Gasteiger partial charge in [-0.05, 0) is 97.5 Å². The highest BCUT2D eigenvalue weighted by Crippen LogP contribution is 2.32. The normalized spacial score (nSPS) is 10.7. The highest BCUT2D eigenvalue weighted by molar-refractivity contribution is 5.92. The lowest BCUT2D eigenvalue weighted by molar-refractivity contribution is 1.46. The summed E-state index contributed by atoms with van der Waals surface area (Å²) in [6, 6.07) is 67.2. The van der Waals surface area contributed by atoms with Crippen molar-refractivity contribution in [2.45, 2.75) is 6.92 Å². The van der Waals surface area contributed by atoms with E-state index in [0.29, 0.717) is 0 Å². The van der Waals surface area contributed by atoms with E-state index >= 15 is 0 Å². The zero-order valence-electron chi connectivity index (χ0n) is 26.6. The van der Waals surface area contributed by atoms with Gasteiger partial charge in [0.15, 0.2) is 0 Å². The lowest BCUT2D eigenvalue weighted by Gasteiger charge is -2.11. The number of benzene rings is 7. The summed E-state index contributed by atoms with van der Waals surface area (Å²) in [4.78, 5) is 0. The molecule has 0 aliphatic heterocycles. The summed E-state index contributed by atoms with van der Waals surface area (Å²) in [6.07, 6.45) is 4.57. The molecule has 0 spiro atoms. The van der Waals surface area contributed by atoms with Crippen molar-refractivity contribution in [1.29, 1.82) is 0 Å². The number of hydrogen-bond donors (Lipinski definition) is 0. The largest absolute Gasteiger partial charge is 0.0622 e. The molecule has 0 nitrogen and oxygen atoms in total. The summed E-state index contributed by atoms with van der Waals surface area (Å²) in [5.41, 5.74) is 15.8. The molecular formula is C47H36. The fraction of sp³-hybridized carbons (Fsp3) is 0.0213.